The number of rotatable bonds is 6. The molecule has 0 radical (unpaired) electrons. The second-order valence-electron chi connectivity index (χ2n) is 15.2. The van der Waals surface area contributed by atoms with E-state index in [1.54, 1.807) is 0 Å². The molecule has 4 nitrogen and oxygen atoms in total. The number of halogens is 6. The Morgan fingerprint density at radius 3 is 1.02 bits per heavy atom. The summed E-state index contributed by atoms with van der Waals surface area (Å²) in [5.74, 6) is 0. The molecule has 2 aromatic heterocycles. The third-order valence-electron chi connectivity index (χ3n) is 11.4. The molecule has 11 rings (SSSR count). The largest absolute Gasteiger partial charge is 0.456 e. The van der Waals surface area contributed by atoms with Gasteiger partial charge in [-0.2, -0.15) is 26.3 Å². The molecular formula is C52H30F6N2O2. The van der Waals surface area contributed by atoms with E-state index >= 15 is 0 Å². The van der Waals surface area contributed by atoms with Gasteiger partial charge in [0.25, 0.3) is 0 Å². The summed E-state index contributed by atoms with van der Waals surface area (Å²) in [5.41, 5.74) is 5.55. The minimum Gasteiger partial charge on any atom is -0.456 e. The predicted octanol–water partition coefficient (Wildman–Crippen LogP) is 16.8. The highest BCUT2D eigenvalue weighted by atomic mass is 19.4. The van der Waals surface area contributed by atoms with Crippen molar-refractivity contribution in [2.45, 2.75) is 12.4 Å². The first-order valence-corrected chi connectivity index (χ1v) is 19.7. The molecule has 302 valence electrons. The van der Waals surface area contributed by atoms with Gasteiger partial charge in [-0.15, -0.1) is 0 Å². The SMILES string of the molecule is FC(F)(F)c1ccc(N(c2ccccc2)c2ccc3cc4c(cc3c2)oc2cc3oc5cc6cc(N(c7ccccc7)c7ccc(C(F)(F)F)cc7)ccc6cc5c3cc24)cc1. The van der Waals surface area contributed by atoms with E-state index in [4.69, 9.17) is 8.83 Å². The summed E-state index contributed by atoms with van der Waals surface area (Å²) in [4.78, 5) is 3.84. The second-order valence-corrected chi connectivity index (χ2v) is 15.2. The highest BCUT2D eigenvalue weighted by Gasteiger charge is 2.31. The highest BCUT2D eigenvalue weighted by molar-refractivity contribution is 6.18. The lowest BCUT2D eigenvalue weighted by Crippen LogP contribution is -2.11. The van der Waals surface area contributed by atoms with E-state index in [9.17, 15) is 26.3 Å². The molecule has 2 heterocycles. The smallest absolute Gasteiger partial charge is 0.416 e. The molecule has 0 unspecified atom stereocenters. The van der Waals surface area contributed by atoms with Crippen molar-refractivity contribution < 1.29 is 35.2 Å². The van der Waals surface area contributed by atoms with Gasteiger partial charge in [0.1, 0.15) is 22.3 Å². The van der Waals surface area contributed by atoms with Crippen LogP contribution in [0.15, 0.2) is 191 Å². The Morgan fingerprint density at radius 1 is 0.290 bits per heavy atom. The Balaban J connectivity index is 0.978. The number of furan rings is 2. The second kappa shape index (κ2) is 13.9. The van der Waals surface area contributed by atoms with Gasteiger partial charge in [0.2, 0.25) is 0 Å². The molecule has 11 aromatic rings. The van der Waals surface area contributed by atoms with Gasteiger partial charge in [0.05, 0.1) is 11.1 Å². The first kappa shape index (κ1) is 37.3. The average Bonchev–Trinajstić information content (AvgIpc) is 3.80. The molecule has 0 atom stereocenters. The quantitative estimate of drug-likeness (QED) is 0.156. The minimum atomic E-state index is -4.44. The number of hydrogen-bond acceptors (Lipinski definition) is 4. The van der Waals surface area contributed by atoms with Crippen molar-refractivity contribution in [3.8, 4) is 0 Å². The average molecular weight is 829 g/mol. The Morgan fingerprint density at radius 2 is 0.629 bits per heavy atom. The summed E-state index contributed by atoms with van der Waals surface area (Å²) in [6, 6.07) is 53.4. The van der Waals surface area contributed by atoms with E-state index in [0.717, 1.165) is 90.1 Å². The molecule has 0 saturated carbocycles. The number of benzene rings is 9. The van der Waals surface area contributed by atoms with E-state index in [1.807, 2.05) is 125 Å². The molecule has 62 heavy (non-hydrogen) atoms. The van der Waals surface area contributed by atoms with Gasteiger partial charge in [-0.25, -0.2) is 0 Å². The van der Waals surface area contributed by atoms with E-state index < -0.39 is 23.5 Å². The molecular weight excluding hydrogens is 799 g/mol. The van der Waals surface area contributed by atoms with Crippen LogP contribution in [0.3, 0.4) is 0 Å². The van der Waals surface area contributed by atoms with Crippen molar-refractivity contribution >= 4 is 99.5 Å². The summed E-state index contributed by atoms with van der Waals surface area (Å²) in [6.45, 7) is 0. The Hall–Kier alpha value is -7.72. The van der Waals surface area contributed by atoms with Crippen molar-refractivity contribution in [3.05, 3.63) is 193 Å². The van der Waals surface area contributed by atoms with Crippen LogP contribution in [0.5, 0.6) is 0 Å². The number of nitrogens with zero attached hydrogens (tertiary/aromatic N) is 2. The van der Waals surface area contributed by atoms with Crippen LogP contribution in [0.2, 0.25) is 0 Å². The third-order valence-corrected chi connectivity index (χ3v) is 11.4. The first-order chi connectivity index (χ1) is 29.9. The van der Waals surface area contributed by atoms with Gasteiger partial charge < -0.3 is 18.6 Å². The maximum atomic E-state index is 13.4. The normalized spacial score (nSPS) is 12.4. The molecule has 0 saturated heterocycles. The Labute approximate surface area is 349 Å². The monoisotopic (exact) mass is 828 g/mol. The molecule has 0 N–H and O–H groups in total. The van der Waals surface area contributed by atoms with Gasteiger partial charge >= 0.3 is 12.4 Å². The van der Waals surface area contributed by atoms with Crippen LogP contribution in [0.25, 0.3) is 65.4 Å². The van der Waals surface area contributed by atoms with Crippen molar-refractivity contribution in [1.82, 2.24) is 0 Å². The van der Waals surface area contributed by atoms with Crippen LogP contribution in [0.4, 0.5) is 60.5 Å². The number of hydrogen-bond donors (Lipinski definition) is 0. The molecule has 10 heteroatoms. The van der Waals surface area contributed by atoms with Crippen LogP contribution in [-0.4, -0.2) is 0 Å². The number of fused-ring (bicyclic) bond motifs is 8. The zero-order valence-corrected chi connectivity index (χ0v) is 32.3. The van der Waals surface area contributed by atoms with Crippen LogP contribution in [0, 0.1) is 0 Å². The molecule has 0 aliphatic rings. The lowest BCUT2D eigenvalue weighted by atomic mass is 10.0. The summed E-state index contributed by atoms with van der Waals surface area (Å²) < 4.78 is 93.6. The van der Waals surface area contributed by atoms with Crippen LogP contribution >= 0.6 is 0 Å². The summed E-state index contributed by atoms with van der Waals surface area (Å²) >= 11 is 0. The lowest BCUT2D eigenvalue weighted by molar-refractivity contribution is -0.138. The summed E-state index contributed by atoms with van der Waals surface area (Å²) in [6.07, 6.45) is -8.88. The zero-order valence-electron chi connectivity index (χ0n) is 32.3. The number of alkyl halides is 6. The topological polar surface area (TPSA) is 32.8 Å². The zero-order chi connectivity index (χ0) is 42.3. The lowest BCUT2D eigenvalue weighted by Gasteiger charge is -2.26. The maximum Gasteiger partial charge on any atom is 0.416 e. The standard InChI is InChI=1S/C52H30F6N2O2/c53-51(54,55)35-13-19-39(20-14-35)59(37-7-3-1-4-8-37)41-17-11-31-25-43-45-29-46-44-26-32-12-18-42(60(38-9-5-2-6-10-38)40-21-15-36(16-22-40)52(56,57)58)24-34(32)28-48(44)62-50(46)30-49(45)61-47(43)27-33(31)23-41/h1-30H. The van der Waals surface area contributed by atoms with Crippen molar-refractivity contribution in [1.29, 1.82) is 0 Å². The maximum absolute atomic E-state index is 13.4. The Bertz CT molecular complexity index is 3250. The van der Waals surface area contributed by atoms with Crippen molar-refractivity contribution in [3.63, 3.8) is 0 Å². The van der Waals surface area contributed by atoms with E-state index in [-0.39, 0.29) is 0 Å². The molecule has 0 aliphatic heterocycles. The molecule has 0 spiro atoms. The number of para-hydroxylation sites is 2. The molecule has 9 aromatic carbocycles. The van der Waals surface area contributed by atoms with Gasteiger partial charge in [-0.1, -0.05) is 48.5 Å². The van der Waals surface area contributed by atoms with E-state index in [0.29, 0.717) is 33.7 Å². The summed E-state index contributed by atoms with van der Waals surface area (Å²) in [5, 5.41) is 7.40. The van der Waals surface area contributed by atoms with E-state index in [1.165, 1.54) is 24.3 Å². The minimum absolute atomic E-state index is 0.587. The van der Waals surface area contributed by atoms with Gasteiger partial charge in [-0.3, -0.25) is 0 Å². The molecule has 0 aliphatic carbocycles. The predicted molar refractivity (Wildman–Crippen MR) is 235 cm³/mol. The third kappa shape index (κ3) is 6.42. The molecule has 0 bridgehead atoms. The number of anilines is 6. The molecule has 0 amide bonds. The summed E-state index contributed by atoms with van der Waals surface area (Å²) in [7, 11) is 0. The van der Waals surface area contributed by atoms with Crippen LogP contribution in [-0.2, 0) is 12.4 Å². The first-order valence-electron chi connectivity index (χ1n) is 19.7. The van der Waals surface area contributed by atoms with Crippen molar-refractivity contribution in [2.24, 2.45) is 0 Å². The fraction of sp³-hybridized carbons (Fsp3) is 0.0385. The fourth-order valence-electron chi connectivity index (χ4n) is 8.43. The molecule has 0 fully saturated rings. The van der Waals surface area contributed by atoms with Crippen molar-refractivity contribution in [2.75, 3.05) is 9.80 Å². The highest BCUT2D eigenvalue weighted by Crippen LogP contribution is 2.43. The van der Waals surface area contributed by atoms with Gasteiger partial charge in [-0.05, 0) is 149 Å². The van der Waals surface area contributed by atoms with Crippen LogP contribution in [0.1, 0.15) is 11.1 Å². The Kier molecular flexibility index (Phi) is 8.37. The van der Waals surface area contributed by atoms with Crippen LogP contribution < -0.4 is 9.80 Å². The van der Waals surface area contributed by atoms with Gasteiger partial charge in [0, 0.05) is 61.7 Å². The fourth-order valence-corrected chi connectivity index (χ4v) is 8.43. The van der Waals surface area contributed by atoms with Gasteiger partial charge in [0.15, 0.2) is 0 Å². The van der Waals surface area contributed by atoms with E-state index in [2.05, 4.69) is 18.2 Å².